The van der Waals surface area contributed by atoms with Crippen molar-refractivity contribution in [1.82, 2.24) is 9.88 Å². The van der Waals surface area contributed by atoms with Crippen LogP contribution in [0.15, 0.2) is 60.8 Å². The van der Waals surface area contributed by atoms with Crippen LogP contribution in [-0.4, -0.2) is 59.0 Å². The van der Waals surface area contributed by atoms with Crippen molar-refractivity contribution in [2.75, 3.05) is 41.7 Å². The monoisotopic (exact) mass is 557 g/mol. The molecule has 40 heavy (non-hydrogen) atoms. The zero-order chi connectivity index (χ0) is 28.9. The minimum absolute atomic E-state index is 0.0218. The Balaban J connectivity index is 1.42. The number of amides is 2. The van der Waals surface area contributed by atoms with E-state index in [1.165, 1.54) is 18.3 Å². The number of pyridine rings is 1. The minimum Gasteiger partial charge on any atom is -0.381 e. The number of nitro groups is 1. The number of nitrogens with two attached hydrogens (primary N) is 1. The van der Waals surface area contributed by atoms with E-state index in [-0.39, 0.29) is 44.8 Å². The van der Waals surface area contributed by atoms with Gasteiger partial charge in [-0.3, -0.25) is 19.7 Å². The summed E-state index contributed by atoms with van der Waals surface area (Å²) in [6.45, 7) is 0.764. The molecule has 0 aliphatic carbocycles. The second kappa shape index (κ2) is 11.9. The van der Waals surface area contributed by atoms with E-state index in [1.807, 2.05) is 17.0 Å². The number of carbonyl (C=O) groups excluding carboxylic acids is 2. The van der Waals surface area contributed by atoms with Gasteiger partial charge in [0.25, 0.3) is 5.69 Å². The summed E-state index contributed by atoms with van der Waals surface area (Å²) in [6, 6.07) is 15.1. The summed E-state index contributed by atoms with van der Waals surface area (Å²) in [5.74, 6) is -1.90. The number of carbonyl (C=O) groups is 2. The molecule has 0 radical (unpaired) electrons. The fraction of sp³-hybridized carbons (Fsp3) is 0.269. The van der Waals surface area contributed by atoms with Crippen molar-refractivity contribution in [3.05, 3.63) is 82.0 Å². The molecule has 2 amide bonds. The quantitative estimate of drug-likeness (QED) is 0.267. The first kappa shape index (κ1) is 28.1. The molecule has 210 valence electrons. The van der Waals surface area contributed by atoms with Gasteiger partial charge in [-0.05, 0) is 29.8 Å². The average molecular weight is 558 g/mol. The van der Waals surface area contributed by atoms with Gasteiger partial charge in [0.05, 0.1) is 11.3 Å². The third kappa shape index (κ3) is 7.15. The highest BCUT2D eigenvalue weighted by Crippen LogP contribution is 2.26. The number of halogens is 3. The summed E-state index contributed by atoms with van der Waals surface area (Å²) in [4.78, 5) is 40.6. The second-order valence-electron chi connectivity index (χ2n) is 9.10. The number of nitrogens with one attached hydrogen (secondary N) is 2. The smallest absolute Gasteiger partial charge is 0.381 e. The molecule has 14 heteroatoms. The van der Waals surface area contributed by atoms with Gasteiger partial charge in [-0.2, -0.15) is 13.2 Å². The molecule has 1 aliphatic rings. The van der Waals surface area contributed by atoms with Crippen LogP contribution < -0.4 is 21.3 Å². The SMILES string of the molecule is NC(=O)Cc1cnc(Nc2ccc(N3CCN(C(=O)C(F)(F)F)CC3)cc2)cc1NCc1cccc([N+](=O)[O-])c1. The van der Waals surface area contributed by atoms with Crippen molar-refractivity contribution < 1.29 is 27.7 Å². The Morgan fingerprint density at radius 1 is 1.05 bits per heavy atom. The van der Waals surface area contributed by atoms with Crippen LogP contribution in [0.25, 0.3) is 0 Å². The Kier molecular flexibility index (Phi) is 8.36. The summed E-state index contributed by atoms with van der Waals surface area (Å²) < 4.78 is 38.0. The van der Waals surface area contributed by atoms with Crippen LogP contribution in [0.5, 0.6) is 0 Å². The predicted molar refractivity (Wildman–Crippen MR) is 142 cm³/mol. The Bertz CT molecular complexity index is 1390. The van der Waals surface area contributed by atoms with E-state index in [9.17, 15) is 32.9 Å². The third-order valence-electron chi connectivity index (χ3n) is 6.27. The van der Waals surface area contributed by atoms with Crippen molar-refractivity contribution in [3.8, 4) is 0 Å². The highest BCUT2D eigenvalue weighted by Gasteiger charge is 2.43. The lowest BCUT2D eigenvalue weighted by atomic mass is 10.1. The summed E-state index contributed by atoms with van der Waals surface area (Å²) in [5.41, 5.74) is 8.63. The lowest BCUT2D eigenvalue weighted by molar-refractivity contribution is -0.384. The standard InChI is InChI=1S/C26H26F3N7O4/c27-26(28,29)25(38)35-10-8-34(9-11-35)20-6-4-19(5-7-20)33-24-14-22(18(16-32-24)13-23(30)37)31-15-17-2-1-3-21(12-17)36(39)40/h1-7,12,14,16H,8-11,13,15H2,(H2,30,37)(H2,31,32,33). The molecule has 1 saturated heterocycles. The van der Waals surface area contributed by atoms with Crippen LogP contribution in [0.1, 0.15) is 11.1 Å². The van der Waals surface area contributed by atoms with Gasteiger partial charge in [-0.1, -0.05) is 12.1 Å². The molecule has 1 aromatic heterocycles. The van der Waals surface area contributed by atoms with Gasteiger partial charge in [0.1, 0.15) is 5.82 Å². The van der Waals surface area contributed by atoms with E-state index in [0.29, 0.717) is 28.3 Å². The highest BCUT2D eigenvalue weighted by molar-refractivity contribution is 5.82. The van der Waals surface area contributed by atoms with Crippen molar-refractivity contribution in [3.63, 3.8) is 0 Å². The molecule has 2 aromatic carbocycles. The molecule has 3 aromatic rings. The Morgan fingerprint density at radius 2 is 1.75 bits per heavy atom. The minimum atomic E-state index is -4.88. The number of alkyl halides is 3. The number of hydrogen-bond donors (Lipinski definition) is 3. The zero-order valence-corrected chi connectivity index (χ0v) is 21.1. The summed E-state index contributed by atoms with van der Waals surface area (Å²) in [6.07, 6.45) is -3.42. The van der Waals surface area contributed by atoms with E-state index in [4.69, 9.17) is 5.73 Å². The number of primary amides is 1. The second-order valence-corrected chi connectivity index (χ2v) is 9.10. The van der Waals surface area contributed by atoms with Crippen LogP contribution in [0.3, 0.4) is 0 Å². The van der Waals surface area contributed by atoms with Crippen LogP contribution >= 0.6 is 0 Å². The number of aromatic nitrogens is 1. The zero-order valence-electron chi connectivity index (χ0n) is 21.1. The largest absolute Gasteiger partial charge is 0.471 e. The topological polar surface area (TPSA) is 147 Å². The fourth-order valence-electron chi connectivity index (χ4n) is 4.27. The van der Waals surface area contributed by atoms with E-state index >= 15 is 0 Å². The number of piperazine rings is 1. The first-order valence-electron chi connectivity index (χ1n) is 12.2. The number of nitrogens with zero attached hydrogens (tertiary/aromatic N) is 4. The summed E-state index contributed by atoms with van der Waals surface area (Å²) in [7, 11) is 0. The highest BCUT2D eigenvalue weighted by atomic mass is 19.4. The Morgan fingerprint density at radius 3 is 2.38 bits per heavy atom. The van der Waals surface area contributed by atoms with Gasteiger partial charge >= 0.3 is 12.1 Å². The van der Waals surface area contributed by atoms with E-state index in [0.717, 1.165) is 10.6 Å². The Labute approximate surface area is 226 Å². The van der Waals surface area contributed by atoms with Crippen molar-refractivity contribution in [2.45, 2.75) is 19.1 Å². The van der Waals surface area contributed by atoms with Crippen LogP contribution in [-0.2, 0) is 22.6 Å². The molecule has 1 aliphatic heterocycles. The Hall–Kier alpha value is -4.88. The van der Waals surface area contributed by atoms with Crippen LogP contribution in [0.2, 0.25) is 0 Å². The van der Waals surface area contributed by atoms with Crippen molar-refractivity contribution in [1.29, 1.82) is 0 Å². The lowest BCUT2D eigenvalue weighted by Crippen LogP contribution is -2.52. The number of benzene rings is 2. The maximum Gasteiger partial charge on any atom is 0.471 e. The number of anilines is 4. The van der Waals surface area contributed by atoms with Gasteiger partial charge in [0.2, 0.25) is 5.91 Å². The number of rotatable bonds is 9. The lowest BCUT2D eigenvalue weighted by Gasteiger charge is -2.36. The molecule has 11 nitrogen and oxygen atoms in total. The van der Waals surface area contributed by atoms with Crippen LogP contribution in [0, 0.1) is 10.1 Å². The molecule has 4 rings (SSSR count). The number of nitro benzene ring substituents is 1. The first-order chi connectivity index (χ1) is 19.0. The molecule has 0 saturated carbocycles. The van der Waals surface area contributed by atoms with Gasteiger partial charge in [-0.25, -0.2) is 4.98 Å². The van der Waals surface area contributed by atoms with E-state index in [2.05, 4.69) is 15.6 Å². The third-order valence-corrected chi connectivity index (χ3v) is 6.27. The summed E-state index contributed by atoms with van der Waals surface area (Å²) >= 11 is 0. The predicted octanol–water partition coefficient (Wildman–Crippen LogP) is 3.58. The molecule has 0 unspecified atom stereocenters. The molecule has 2 heterocycles. The maximum absolute atomic E-state index is 12.7. The van der Waals surface area contributed by atoms with Gasteiger partial charge in [0, 0.05) is 79.7 Å². The summed E-state index contributed by atoms with van der Waals surface area (Å²) in [5, 5.41) is 17.4. The van der Waals surface area contributed by atoms with Crippen molar-refractivity contribution in [2.24, 2.45) is 5.73 Å². The molecule has 4 N–H and O–H groups in total. The normalized spacial score (nSPS) is 13.6. The van der Waals surface area contributed by atoms with Crippen molar-refractivity contribution >= 4 is 40.4 Å². The fourth-order valence-corrected chi connectivity index (χ4v) is 4.27. The molecule has 0 bridgehead atoms. The van der Waals surface area contributed by atoms with E-state index in [1.54, 1.807) is 30.3 Å². The van der Waals surface area contributed by atoms with Gasteiger partial charge < -0.3 is 26.2 Å². The van der Waals surface area contributed by atoms with E-state index < -0.39 is 22.9 Å². The number of non-ortho nitro benzene ring substituents is 1. The van der Waals surface area contributed by atoms with Crippen LogP contribution in [0.4, 0.5) is 41.7 Å². The number of hydrogen-bond acceptors (Lipinski definition) is 8. The van der Waals surface area contributed by atoms with Gasteiger partial charge in [-0.15, -0.1) is 0 Å². The first-order valence-corrected chi connectivity index (χ1v) is 12.2. The average Bonchev–Trinajstić information content (AvgIpc) is 2.92. The van der Waals surface area contributed by atoms with Gasteiger partial charge in [0.15, 0.2) is 0 Å². The maximum atomic E-state index is 12.7. The molecular formula is C26H26F3N7O4. The molecule has 1 fully saturated rings. The molecular weight excluding hydrogens is 531 g/mol. The molecule has 0 spiro atoms. The molecule has 0 atom stereocenters.